The zero-order valence-corrected chi connectivity index (χ0v) is 15.8. The van der Waals surface area contributed by atoms with Gasteiger partial charge in [0.2, 0.25) is 0 Å². The van der Waals surface area contributed by atoms with E-state index in [1.807, 2.05) is 6.92 Å². The molecular weight excluding hydrogens is 378 g/mol. The molecule has 0 fully saturated rings. The van der Waals surface area contributed by atoms with E-state index in [4.69, 9.17) is 4.42 Å². The first-order valence-corrected chi connectivity index (χ1v) is 8.83. The minimum Gasteiger partial charge on any atom is -0.467 e. The summed E-state index contributed by atoms with van der Waals surface area (Å²) in [6, 6.07) is 7.50. The third-order valence-electron chi connectivity index (χ3n) is 4.21. The number of nitro benzene ring substituents is 1. The molecule has 0 aliphatic carbocycles. The predicted molar refractivity (Wildman–Crippen MR) is 104 cm³/mol. The van der Waals surface area contributed by atoms with Crippen LogP contribution in [0.15, 0.2) is 47.2 Å². The van der Waals surface area contributed by atoms with E-state index in [0.29, 0.717) is 17.9 Å². The largest absolute Gasteiger partial charge is 0.467 e. The van der Waals surface area contributed by atoms with E-state index >= 15 is 0 Å². The number of carbonyl (C=O) groups excluding carboxylic acids is 2. The Bertz CT molecular complexity index is 1060. The highest BCUT2D eigenvalue weighted by molar-refractivity contribution is 6.08. The Labute approximate surface area is 165 Å². The summed E-state index contributed by atoms with van der Waals surface area (Å²) in [5, 5.41) is 20.5. The average Bonchev–Trinajstić information content (AvgIpc) is 3.35. The van der Waals surface area contributed by atoms with Gasteiger partial charge in [0.25, 0.3) is 17.5 Å². The first kappa shape index (κ1) is 19.8. The van der Waals surface area contributed by atoms with Crippen molar-refractivity contribution in [3.05, 3.63) is 75.5 Å². The van der Waals surface area contributed by atoms with E-state index in [1.165, 1.54) is 29.1 Å². The molecule has 0 saturated carbocycles. The number of nitrogens with one attached hydrogen (secondary N) is 2. The topological polar surface area (TPSA) is 132 Å². The van der Waals surface area contributed by atoms with Gasteiger partial charge in [-0.3, -0.25) is 24.4 Å². The zero-order chi connectivity index (χ0) is 21.0. The van der Waals surface area contributed by atoms with Crippen molar-refractivity contribution in [3.8, 4) is 0 Å². The summed E-state index contributed by atoms with van der Waals surface area (Å²) in [7, 11) is 0. The van der Waals surface area contributed by atoms with Gasteiger partial charge in [-0.1, -0.05) is 0 Å². The maximum Gasteiger partial charge on any atom is 0.274 e. The molecular formula is C19H19N5O5. The predicted octanol–water partition coefficient (Wildman–Crippen LogP) is 2.89. The molecule has 0 radical (unpaired) electrons. The van der Waals surface area contributed by atoms with Crippen LogP contribution < -0.4 is 10.6 Å². The minimum atomic E-state index is -0.510. The number of hydrogen-bond acceptors (Lipinski definition) is 6. The third kappa shape index (κ3) is 4.49. The molecule has 150 valence electrons. The van der Waals surface area contributed by atoms with E-state index < -0.39 is 16.7 Å². The molecule has 2 aromatic heterocycles. The zero-order valence-electron chi connectivity index (χ0n) is 15.8. The highest BCUT2D eigenvalue weighted by Crippen LogP contribution is 2.21. The van der Waals surface area contributed by atoms with Gasteiger partial charge in [-0.15, -0.1) is 0 Å². The minimum absolute atomic E-state index is 0.0605. The Morgan fingerprint density at radius 2 is 2.07 bits per heavy atom. The Balaban J connectivity index is 1.78. The molecule has 0 aliphatic heterocycles. The van der Waals surface area contributed by atoms with Crippen molar-refractivity contribution >= 4 is 23.2 Å². The fourth-order valence-corrected chi connectivity index (χ4v) is 2.70. The molecule has 0 aliphatic rings. The van der Waals surface area contributed by atoms with Gasteiger partial charge >= 0.3 is 0 Å². The second-order valence-corrected chi connectivity index (χ2v) is 6.22. The highest BCUT2D eigenvalue weighted by atomic mass is 16.6. The molecule has 3 rings (SSSR count). The summed E-state index contributed by atoms with van der Waals surface area (Å²) in [5.41, 5.74) is 0.830. The third-order valence-corrected chi connectivity index (χ3v) is 4.21. The van der Waals surface area contributed by atoms with Crippen molar-refractivity contribution in [2.45, 2.75) is 26.9 Å². The molecule has 10 heteroatoms. The van der Waals surface area contributed by atoms with Gasteiger partial charge in [0.05, 0.1) is 23.4 Å². The molecule has 0 atom stereocenters. The van der Waals surface area contributed by atoms with Crippen molar-refractivity contribution in [1.82, 2.24) is 15.1 Å². The van der Waals surface area contributed by atoms with E-state index in [1.54, 1.807) is 25.3 Å². The SMILES string of the molecule is CCn1cc(NC(=O)c2ccc([N+](=O)[O-])c(C)c2)c(C(=O)NCc2ccco2)n1. The van der Waals surface area contributed by atoms with Gasteiger partial charge in [-0.05, 0) is 38.1 Å². The number of aromatic nitrogens is 2. The fraction of sp³-hybridized carbons (Fsp3) is 0.211. The van der Waals surface area contributed by atoms with Crippen molar-refractivity contribution in [1.29, 1.82) is 0 Å². The van der Waals surface area contributed by atoms with Crippen LogP contribution in [0.5, 0.6) is 0 Å². The van der Waals surface area contributed by atoms with E-state index in [0.717, 1.165) is 0 Å². The number of carbonyl (C=O) groups is 2. The highest BCUT2D eigenvalue weighted by Gasteiger charge is 2.20. The number of amides is 2. The Morgan fingerprint density at radius 1 is 1.28 bits per heavy atom. The molecule has 29 heavy (non-hydrogen) atoms. The van der Waals surface area contributed by atoms with Crippen LogP contribution in [-0.4, -0.2) is 26.5 Å². The first-order valence-electron chi connectivity index (χ1n) is 8.83. The number of nitro groups is 1. The lowest BCUT2D eigenvalue weighted by Gasteiger charge is -2.07. The van der Waals surface area contributed by atoms with Crippen LogP contribution in [0.2, 0.25) is 0 Å². The van der Waals surface area contributed by atoms with Crippen molar-refractivity contribution in [2.24, 2.45) is 0 Å². The van der Waals surface area contributed by atoms with Crippen LogP contribution in [0.25, 0.3) is 0 Å². The van der Waals surface area contributed by atoms with Gasteiger partial charge in [-0.25, -0.2) is 0 Å². The normalized spacial score (nSPS) is 10.6. The lowest BCUT2D eigenvalue weighted by Crippen LogP contribution is -2.25. The Kier molecular flexibility index (Phi) is 5.72. The number of anilines is 1. The van der Waals surface area contributed by atoms with Gasteiger partial charge < -0.3 is 15.1 Å². The molecule has 2 heterocycles. The molecule has 0 unspecified atom stereocenters. The van der Waals surface area contributed by atoms with E-state index in [2.05, 4.69) is 15.7 Å². The molecule has 3 aromatic rings. The smallest absolute Gasteiger partial charge is 0.274 e. The van der Waals surface area contributed by atoms with Crippen LogP contribution in [0, 0.1) is 17.0 Å². The summed E-state index contributed by atoms with van der Waals surface area (Å²) in [6.07, 6.45) is 3.06. The Morgan fingerprint density at radius 3 is 2.69 bits per heavy atom. The van der Waals surface area contributed by atoms with Gasteiger partial charge in [0, 0.05) is 29.9 Å². The Hall–Kier alpha value is -3.95. The van der Waals surface area contributed by atoms with Crippen molar-refractivity contribution in [3.63, 3.8) is 0 Å². The molecule has 0 saturated heterocycles. The number of nitrogens with zero attached hydrogens (tertiary/aromatic N) is 3. The van der Waals surface area contributed by atoms with Crippen LogP contribution in [-0.2, 0) is 13.1 Å². The maximum absolute atomic E-state index is 12.6. The number of furan rings is 1. The molecule has 2 N–H and O–H groups in total. The van der Waals surface area contributed by atoms with Crippen LogP contribution in [0.1, 0.15) is 39.1 Å². The quantitative estimate of drug-likeness (QED) is 0.465. The lowest BCUT2D eigenvalue weighted by atomic mass is 10.1. The summed E-state index contributed by atoms with van der Waals surface area (Å²) < 4.78 is 6.70. The number of aryl methyl sites for hydroxylation is 2. The number of hydrogen-bond donors (Lipinski definition) is 2. The van der Waals surface area contributed by atoms with E-state index in [-0.39, 0.29) is 29.2 Å². The van der Waals surface area contributed by atoms with Crippen LogP contribution in [0.3, 0.4) is 0 Å². The summed E-state index contributed by atoms with van der Waals surface area (Å²) in [5.74, 6) is -0.386. The second-order valence-electron chi connectivity index (χ2n) is 6.22. The summed E-state index contributed by atoms with van der Waals surface area (Å²) in [6.45, 7) is 4.09. The lowest BCUT2D eigenvalue weighted by molar-refractivity contribution is -0.385. The summed E-state index contributed by atoms with van der Waals surface area (Å²) in [4.78, 5) is 35.6. The molecule has 0 spiro atoms. The standard InChI is InChI=1S/C19H19N5O5/c1-3-23-11-15(17(22-23)19(26)20-10-14-5-4-8-29-14)21-18(25)13-6-7-16(24(27)28)12(2)9-13/h4-9,11H,3,10H2,1-2H3,(H,20,26)(H,21,25). The number of rotatable bonds is 7. The maximum atomic E-state index is 12.6. The first-order chi connectivity index (χ1) is 13.9. The molecule has 0 bridgehead atoms. The summed E-state index contributed by atoms with van der Waals surface area (Å²) >= 11 is 0. The van der Waals surface area contributed by atoms with Crippen LogP contribution in [0.4, 0.5) is 11.4 Å². The molecule has 10 nitrogen and oxygen atoms in total. The van der Waals surface area contributed by atoms with Crippen LogP contribution >= 0.6 is 0 Å². The van der Waals surface area contributed by atoms with Crippen molar-refractivity contribution in [2.75, 3.05) is 5.32 Å². The number of benzene rings is 1. The molecule has 2 amide bonds. The second kappa shape index (κ2) is 8.38. The van der Waals surface area contributed by atoms with E-state index in [9.17, 15) is 19.7 Å². The fourth-order valence-electron chi connectivity index (χ4n) is 2.70. The van der Waals surface area contributed by atoms with Gasteiger partial charge in [0.15, 0.2) is 5.69 Å². The van der Waals surface area contributed by atoms with Gasteiger partial charge in [0.1, 0.15) is 5.76 Å². The average molecular weight is 397 g/mol. The van der Waals surface area contributed by atoms with Gasteiger partial charge in [-0.2, -0.15) is 5.10 Å². The monoisotopic (exact) mass is 397 g/mol. The molecule has 1 aromatic carbocycles. The van der Waals surface area contributed by atoms with Crippen molar-refractivity contribution < 1.29 is 18.9 Å².